The molecule has 1 atom stereocenters. The molecule has 1 saturated heterocycles. The summed E-state index contributed by atoms with van der Waals surface area (Å²) in [6.07, 6.45) is 5.18. The summed E-state index contributed by atoms with van der Waals surface area (Å²) in [5.74, 6) is 0.956. The second kappa shape index (κ2) is 8.05. The lowest BCUT2D eigenvalue weighted by Crippen LogP contribution is -2.32. The highest BCUT2D eigenvalue weighted by Gasteiger charge is 2.15. The Balaban J connectivity index is 1.55. The number of carbonyl (C=O) groups excluding carboxylic acids is 1. The Bertz CT molecular complexity index is 688. The van der Waals surface area contributed by atoms with Crippen LogP contribution in [0.1, 0.15) is 38.4 Å². The number of aromatic nitrogens is 1. The summed E-state index contributed by atoms with van der Waals surface area (Å²) in [6, 6.07) is 9.63. The Labute approximate surface area is 148 Å². The molecular weight excluding hydrogens is 316 g/mol. The van der Waals surface area contributed by atoms with Crippen molar-refractivity contribution in [3.05, 3.63) is 36.1 Å². The van der Waals surface area contributed by atoms with E-state index in [2.05, 4.69) is 32.8 Å². The van der Waals surface area contributed by atoms with E-state index in [9.17, 15) is 4.79 Å². The van der Waals surface area contributed by atoms with Gasteiger partial charge in [-0.05, 0) is 51.0 Å². The highest BCUT2D eigenvalue weighted by molar-refractivity contribution is 5.95. The molecule has 6 nitrogen and oxygen atoms in total. The molecule has 134 valence electrons. The normalized spacial score (nSPS) is 16.2. The van der Waals surface area contributed by atoms with Crippen molar-refractivity contribution >= 4 is 23.1 Å². The molecule has 0 saturated carbocycles. The second-order valence-electron chi connectivity index (χ2n) is 6.63. The molecule has 1 aliphatic rings. The fraction of sp³-hybridized carbons (Fsp3) is 0.474. The number of hydrogen-bond donors (Lipinski definition) is 2. The zero-order valence-corrected chi connectivity index (χ0v) is 14.9. The van der Waals surface area contributed by atoms with Crippen LogP contribution >= 0.6 is 0 Å². The first-order valence-corrected chi connectivity index (χ1v) is 8.97. The van der Waals surface area contributed by atoms with E-state index >= 15 is 0 Å². The molecule has 3 rings (SSSR count). The maximum atomic E-state index is 12.2. The fourth-order valence-electron chi connectivity index (χ4n) is 3.07. The van der Waals surface area contributed by atoms with E-state index < -0.39 is 0 Å². The summed E-state index contributed by atoms with van der Waals surface area (Å²) in [7, 11) is 0. The smallest absolute Gasteiger partial charge is 0.247 e. The third-order valence-electron chi connectivity index (χ3n) is 4.49. The molecule has 2 heterocycles. The van der Waals surface area contributed by atoms with Crippen LogP contribution in [-0.2, 0) is 4.79 Å². The number of rotatable bonds is 5. The summed E-state index contributed by atoms with van der Waals surface area (Å²) in [6.45, 7) is 5.87. The van der Waals surface area contributed by atoms with E-state index in [1.54, 1.807) is 13.0 Å². The molecular formula is C19H26N4O2. The van der Waals surface area contributed by atoms with Crippen molar-refractivity contribution < 1.29 is 9.32 Å². The van der Waals surface area contributed by atoms with Gasteiger partial charge in [-0.25, -0.2) is 0 Å². The molecule has 2 N–H and O–H groups in total. The van der Waals surface area contributed by atoms with Crippen molar-refractivity contribution in [3.63, 3.8) is 0 Å². The molecule has 2 aromatic rings. The highest BCUT2D eigenvalue weighted by atomic mass is 16.5. The van der Waals surface area contributed by atoms with E-state index in [0.29, 0.717) is 11.6 Å². The Morgan fingerprint density at radius 2 is 1.84 bits per heavy atom. The number of aryl methyl sites for hydroxylation is 1. The van der Waals surface area contributed by atoms with Crippen LogP contribution in [0.15, 0.2) is 34.9 Å². The highest BCUT2D eigenvalue weighted by Crippen LogP contribution is 2.22. The molecule has 0 aliphatic carbocycles. The average Bonchev–Trinajstić information content (AvgIpc) is 2.86. The number of anilines is 3. The monoisotopic (exact) mass is 342 g/mol. The molecule has 1 fully saturated rings. The van der Waals surface area contributed by atoms with Crippen molar-refractivity contribution in [2.24, 2.45) is 0 Å². The van der Waals surface area contributed by atoms with Crippen molar-refractivity contribution in [2.45, 2.75) is 45.6 Å². The first-order valence-electron chi connectivity index (χ1n) is 8.97. The van der Waals surface area contributed by atoms with Crippen molar-refractivity contribution in [3.8, 4) is 0 Å². The van der Waals surface area contributed by atoms with Crippen molar-refractivity contribution in [2.75, 3.05) is 28.6 Å². The minimum absolute atomic E-state index is 0.148. The fourth-order valence-corrected chi connectivity index (χ4v) is 3.07. The summed E-state index contributed by atoms with van der Waals surface area (Å²) in [5, 5.41) is 9.74. The summed E-state index contributed by atoms with van der Waals surface area (Å²) in [4.78, 5) is 14.7. The van der Waals surface area contributed by atoms with Crippen LogP contribution in [0.25, 0.3) is 0 Å². The van der Waals surface area contributed by atoms with Gasteiger partial charge in [0.1, 0.15) is 11.8 Å². The zero-order chi connectivity index (χ0) is 17.6. The van der Waals surface area contributed by atoms with Crippen LogP contribution in [0.2, 0.25) is 0 Å². The maximum Gasteiger partial charge on any atom is 0.247 e. The summed E-state index contributed by atoms with van der Waals surface area (Å²) < 4.78 is 4.95. The van der Waals surface area contributed by atoms with Crippen molar-refractivity contribution in [1.82, 2.24) is 5.16 Å². The van der Waals surface area contributed by atoms with Gasteiger partial charge < -0.3 is 20.1 Å². The van der Waals surface area contributed by atoms with E-state index in [4.69, 9.17) is 4.52 Å². The van der Waals surface area contributed by atoms with Crippen LogP contribution in [-0.4, -0.2) is 30.2 Å². The largest absolute Gasteiger partial charge is 0.374 e. The molecule has 1 aromatic carbocycles. The average molecular weight is 342 g/mol. The lowest BCUT2D eigenvalue weighted by atomic mass is 10.2. The predicted octanol–water partition coefficient (Wildman–Crippen LogP) is 3.80. The minimum atomic E-state index is -0.374. The molecule has 0 bridgehead atoms. The van der Waals surface area contributed by atoms with Crippen LogP contribution in [0.5, 0.6) is 0 Å². The van der Waals surface area contributed by atoms with Gasteiger partial charge >= 0.3 is 0 Å². The standard InChI is InChI=1S/C19H26N4O2/c1-14-13-18(22-25-14)21-19(24)15(2)20-16-7-9-17(10-8-16)23-11-5-3-4-6-12-23/h7-10,13,15,20H,3-6,11-12H2,1-2H3,(H,21,22,24). The summed E-state index contributed by atoms with van der Waals surface area (Å²) >= 11 is 0. The van der Waals surface area contributed by atoms with Gasteiger partial charge in [0.25, 0.3) is 0 Å². The third-order valence-corrected chi connectivity index (χ3v) is 4.49. The van der Waals surface area contributed by atoms with Gasteiger partial charge in [0.2, 0.25) is 5.91 Å². The molecule has 1 amide bonds. The molecule has 1 aliphatic heterocycles. The third kappa shape index (κ3) is 4.75. The Morgan fingerprint density at radius 3 is 2.44 bits per heavy atom. The maximum absolute atomic E-state index is 12.2. The van der Waals surface area contributed by atoms with Crippen LogP contribution in [0.3, 0.4) is 0 Å². The van der Waals surface area contributed by atoms with Gasteiger partial charge in [0.15, 0.2) is 5.82 Å². The Morgan fingerprint density at radius 1 is 1.16 bits per heavy atom. The van der Waals surface area contributed by atoms with Crippen LogP contribution in [0, 0.1) is 6.92 Å². The molecule has 25 heavy (non-hydrogen) atoms. The van der Waals surface area contributed by atoms with Crippen LogP contribution in [0.4, 0.5) is 17.2 Å². The topological polar surface area (TPSA) is 70.4 Å². The molecule has 6 heteroatoms. The minimum Gasteiger partial charge on any atom is -0.374 e. The zero-order valence-electron chi connectivity index (χ0n) is 14.9. The van der Waals surface area contributed by atoms with E-state index in [1.807, 2.05) is 19.1 Å². The first kappa shape index (κ1) is 17.3. The molecule has 0 spiro atoms. The van der Waals surface area contributed by atoms with Gasteiger partial charge in [-0.1, -0.05) is 18.0 Å². The van der Waals surface area contributed by atoms with Gasteiger partial charge in [0.05, 0.1) is 0 Å². The van der Waals surface area contributed by atoms with Gasteiger partial charge in [-0.15, -0.1) is 0 Å². The Kier molecular flexibility index (Phi) is 5.58. The first-order chi connectivity index (χ1) is 12.1. The van der Waals surface area contributed by atoms with Gasteiger partial charge in [0, 0.05) is 30.5 Å². The quantitative estimate of drug-likeness (QED) is 0.865. The number of amides is 1. The predicted molar refractivity (Wildman–Crippen MR) is 100 cm³/mol. The SMILES string of the molecule is Cc1cc(NC(=O)C(C)Nc2ccc(N3CCCCCC3)cc2)no1. The molecule has 1 unspecified atom stereocenters. The number of nitrogens with one attached hydrogen (secondary N) is 2. The number of carbonyl (C=O) groups is 1. The number of hydrogen-bond acceptors (Lipinski definition) is 5. The molecule has 1 aromatic heterocycles. The number of nitrogens with zero attached hydrogens (tertiary/aromatic N) is 2. The van der Waals surface area contributed by atoms with Gasteiger partial charge in [-0.2, -0.15) is 0 Å². The van der Waals surface area contributed by atoms with Crippen LogP contribution < -0.4 is 15.5 Å². The molecule has 0 radical (unpaired) electrons. The lowest BCUT2D eigenvalue weighted by Gasteiger charge is -2.23. The van der Waals surface area contributed by atoms with Crippen molar-refractivity contribution in [1.29, 1.82) is 0 Å². The van der Waals surface area contributed by atoms with Gasteiger partial charge in [-0.3, -0.25) is 4.79 Å². The Hall–Kier alpha value is -2.50. The van der Waals surface area contributed by atoms with E-state index in [1.165, 1.54) is 31.4 Å². The second-order valence-corrected chi connectivity index (χ2v) is 6.63. The summed E-state index contributed by atoms with van der Waals surface area (Å²) in [5.41, 5.74) is 2.18. The lowest BCUT2D eigenvalue weighted by molar-refractivity contribution is -0.116. The number of benzene rings is 1. The van der Waals surface area contributed by atoms with E-state index in [-0.39, 0.29) is 11.9 Å². The van der Waals surface area contributed by atoms with E-state index in [0.717, 1.165) is 18.8 Å².